The van der Waals surface area contributed by atoms with E-state index in [1.807, 2.05) is 79.7 Å². The van der Waals surface area contributed by atoms with Crippen LogP contribution in [0.15, 0.2) is 101 Å². The monoisotopic (exact) mass is 428 g/mol. The van der Waals surface area contributed by atoms with Crippen LogP contribution in [0.1, 0.15) is 28.9 Å². The largest absolute Gasteiger partial charge is 0.346 e. The Labute approximate surface area is 184 Å². The number of rotatable bonds is 6. The SMILES string of the molecule is C[C@H](NC(=O)c1ccc(Sc2ccccc2)c([N+](=O)[O-])c1)c1ccc2ccccc2c1. The minimum atomic E-state index is -0.450. The molecular formula is C25H20N2O3S. The minimum Gasteiger partial charge on any atom is -0.346 e. The van der Waals surface area contributed by atoms with Gasteiger partial charge in [-0.05, 0) is 53.6 Å². The fourth-order valence-electron chi connectivity index (χ4n) is 3.34. The van der Waals surface area contributed by atoms with Gasteiger partial charge in [-0.3, -0.25) is 14.9 Å². The molecule has 1 N–H and O–H groups in total. The molecule has 0 aromatic heterocycles. The Hall–Kier alpha value is -3.64. The molecule has 0 aliphatic carbocycles. The molecule has 0 saturated carbocycles. The molecule has 0 heterocycles. The number of nitro groups is 1. The van der Waals surface area contributed by atoms with E-state index in [9.17, 15) is 14.9 Å². The Morgan fingerprint density at radius 1 is 0.903 bits per heavy atom. The number of hydrogen-bond acceptors (Lipinski definition) is 4. The first-order chi connectivity index (χ1) is 15.0. The first kappa shape index (κ1) is 20.6. The van der Waals surface area contributed by atoms with Crippen molar-refractivity contribution in [2.75, 3.05) is 0 Å². The van der Waals surface area contributed by atoms with Gasteiger partial charge in [0.05, 0.1) is 15.9 Å². The zero-order chi connectivity index (χ0) is 21.8. The number of carbonyl (C=O) groups is 1. The third kappa shape index (κ3) is 4.75. The van der Waals surface area contributed by atoms with Crippen molar-refractivity contribution in [1.82, 2.24) is 5.32 Å². The number of amides is 1. The summed E-state index contributed by atoms with van der Waals surface area (Å²) in [6.07, 6.45) is 0. The lowest BCUT2D eigenvalue weighted by molar-refractivity contribution is -0.387. The van der Waals surface area contributed by atoms with Crippen LogP contribution < -0.4 is 5.32 Å². The number of carbonyl (C=O) groups excluding carboxylic acids is 1. The molecule has 6 heteroatoms. The van der Waals surface area contributed by atoms with Crippen LogP contribution in [0.5, 0.6) is 0 Å². The molecule has 1 atom stereocenters. The van der Waals surface area contributed by atoms with Gasteiger partial charge in [0.25, 0.3) is 11.6 Å². The first-order valence-corrected chi connectivity index (χ1v) is 10.6. The Morgan fingerprint density at radius 3 is 2.35 bits per heavy atom. The van der Waals surface area contributed by atoms with E-state index >= 15 is 0 Å². The maximum atomic E-state index is 12.8. The summed E-state index contributed by atoms with van der Waals surface area (Å²) in [6.45, 7) is 1.90. The molecule has 4 rings (SSSR count). The van der Waals surface area contributed by atoms with Crippen LogP contribution in [0.2, 0.25) is 0 Å². The Balaban J connectivity index is 1.54. The van der Waals surface area contributed by atoms with Crippen LogP contribution in [0, 0.1) is 10.1 Å². The minimum absolute atomic E-state index is 0.0835. The van der Waals surface area contributed by atoms with Gasteiger partial charge in [0, 0.05) is 16.5 Å². The summed E-state index contributed by atoms with van der Waals surface area (Å²) in [6, 6.07) is 27.9. The highest BCUT2D eigenvalue weighted by atomic mass is 32.2. The van der Waals surface area contributed by atoms with Crippen molar-refractivity contribution in [1.29, 1.82) is 0 Å². The average Bonchev–Trinajstić information content (AvgIpc) is 2.79. The van der Waals surface area contributed by atoms with Crippen LogP contribution in [0.4, 0.5) is 5.69 Å². The van der Waals surface area contributed by atoms with E-state index in [2.05, 4.69) is 5.32 Å². The normalized spacial score (nSPS) is 11.8. The lowest BCUT2D eigenvalue weighted by Crippen LogP contribution is -2.26. The Kier molecular flexibility index (Phi) is 6.00. The van der Waals surface area contributed by atoms with Gasteiger partial charge >= 0.3 is 0 Å². The highest BCUT2D eigenvalue weighted by Gasteiger charge is 2.20. The summed E-state index contributed by atoms with van der Waals surface area (Å²) in [4.78, 5) is 25.4. The third-order valence-corrected chi connectivity index (χ3v) is 6.08. The Bertz CT molecular complexity index is 1260. The van der Waals surface area contributed by atoms with Gasteiger partial charge in [-0.15, -0.1) is 0 Å². The van der Waals surface area contributed by atoms with E-state index in [4.69, 9.17) is 0 Å². The van der Waals surface area contributed by atoms with Crippen molar-refractivity contribution in [3.05, 3.63) is 112 Å². The molecule has 0 spiro atoms. The quantitative estimate of drug-likeness (QED) is 0.285. The summed E-state index contributed by atoms with van der Waals surface area (Å²) in [7, 11) is 0. The second-order valence-corrected chi connectivity index (χ2v) is 8.27. The summed E-state index contributed by atoms with van der Waals surface area (Å²) < 4.78 is 0. The van der Waals surface area contributed by atoms with Crippen molar-refractivity contribution in [2.24, 2.45) is 0 Å². The molecule has 0 radical (unpaired) electrons. The van der Waals surface area contributed by atoms with Gasteiger partial charge in [0.2, 0.25) is 0 Å². The van der Waals surface area contributed by atoms with Gasteiger partial charge in [-0.1, -0.05) is 66.4 Å². The van der Waals surface area contributed by atoms with E-state index in [1.165, 1.54) is 17.8 Å². The van der Waals surface area contributed by atoms with Crippen molar-refractivity contribution in [2.45, 2.75) is 22.8 Å². The van der Waals surface area contributed by atoms with Crippen molar-refractivity contribution >= 4 is 34.1 Å². The zero-order valence-corrected chi connectivity index (χ0v) is 17.6. The molecule has 0 fully saturated rings. The fourth-order valence-corrected chi connectivity index (χ4v) is 4.26. The van der Waals surface area contributed by atoms with Gasteiger partial charge < -0.3 is 5.32 Å². The third-order valence-electron chi connectivity index (χ3n) is 5.01. The van der Waals surface area contributed by atoms with Crippen molar-refractivity contribution in [3.63, 3.8) is 0 Å². The number of nitro benzene ring substituents is 1. The number of fused-ring (bicyclic) bond motifs is 1. The van der Waals surface area contributed by atoms with E-state index in [1.54, 1.807) is 12.1 Å². The predicted octanol–water partition coefficient (Wildman–Crippen LogP) is 6.39. The highest BCUT2D eigenvalue weighted by molar-refractivity contribution is 7.99. The lowest BCUT2D eigenvalue weighted by Gasteiger charge is -2.15. The maximum Gasteiger partial charge on any atom is 0.284 e. The Morgan fingerprint density at radius 2 is 1.61 bits per heavy atom. The van der Waals surface area contributed by atoms with E-state index in [0.717, 1.165) is 21.2 Å². The smallest absolute Gasteiger partial charge is 0.284 e. The van der Waals surface area contributed by atoms with Crippen LogP contribution >= 0.6 is 11.8 Å². The van der Waals surface area contributed by atoms with Crippen LogP contribution in [0.3, 0.4) is 0 Å². The van der Waals surface area contributed by atoms with Crippen LogP contribution in [-0.2, 0) is 0 Å². The molecule has 0 aliphatic rings. The molecule has 1 amide bonds. The standard InChI is InChI=1S/C25H20N2O3S/c1-17(19-12-11-18-7-5-6-8-20(18)15-19)26-25(28)21-13-14-24(23(16-21)27(29)30)31-22-9-3-2-4-10-22/h2-17H,1H3,(H,26,28)/t17-/m0/s1. The molecular weight excluding hydrogens is 408 g/mol. The van der Waals surface area contributed by atoms with Crippen molar-refractivity contribution in [3.8, 4) is 0 Å². The summed E-state index contributed by atoms with van der Waals surface area (Å²) in [5.74, 6) is -0.347. The van der Waals surface area contributed by atoms with E-state index < -0.39 is 4.92 Å². The highest BCUT2D eigenvalue weighted by Crippen LogP contribution is 2.35. The molecule has 4 aromatic rings. The van der Waals surface area contributed by atoms with Gasteiger partial charge in [0.15, 0.2) is 0 Å². The summed E-state index contributed by atoms with van der Waals surface area (Å²) in [5, 5.41) is 16.8. The summed E-state index contributed by atoms with van der Waals surface area (Å²) >= 11 is 1.30. The zero-order valence-electron chi connectivity index (χ0n) is 16.8. The van der Waals surface area contributed by atoms with Crippen molar-refractivity contribution < 1.29 is 9.72 Å². The predicted molar refractivity (Wildman–Crippen MR) is 123 cm³/mol. The van der Waals surface area contributed by atoms with E-state index in [0.29, 0.717) is 4.90 Å². The summed E-state index contributed by atoms with van der Waals surface area (Å²) in [5.41, 5.74) is 1.15. The molecule has 0 saturated heterocycles. The topological polar surface area (TPSA) is 72.2 Å². The number of nitrogens with zero attached hydrogens (tertiary/aromatic N) is 1. The molecule has 0 bridgehead atoms. The number of nitrogens with one attached hydrogen (secondary N) is 1. The molecule has 31 heavy (non-hydrogen) atoms. The van der Waals surface area contributed by atoms with E-state index in [-0.39, 0.29) is 23.2 Å². The number of benzene rings is 4. The fraction of sp³-hybridized carbons (Fsp3) is 0.0800. The van der Waals surface area contributed by atoms with Crippen LogP contribution in [0.25, 0.3) is 10.8 Å². The molecule has 154 valence electrons. The van der Waals surface area contributed by atoms with Gasteiger partial charge in [-0.2, -0.15) is 0 Å². The lowest BCUT2D eigenvalue weighted by atomic mass is 10.0. The molecule has 5 nitrogen and oxygen atoms in total. The average molecular weight is 429 g/mol. The number of hydrogen-bond donors (Lipinski definition) is 1. The van der Waals surface area contributed by atoms with Gasteiger partial charge in [-0.25, -0.2) is 0 Å². The second-order valence-electron chi connectivity index (χ2n) is 7.16. The molecule has 0 aliphatic heterocycles. The second kappa shape index (κ2) is 9.02. The molecule has 0 unspecified atom stereocenters. The first-order valence-electron chi connectivity index (χ1n) is 9.82. The maximum absolute atomic E-state index is 12.8. The van der Waals surface area contributed by atoms with Gasteiger partial charge in [0.1, 0.15) is 0 Å². The van der Waals surface area contributed by atoms with Crippen LogP contribution in [-0.4, -0.2) is 10.8 Å². The molecule has 4 aromatic carbocycles.